The van der Waals surface area contributed by atoms with Crippen molar-refractivity contribution in [3.8, 4) is 0 Å². The molecule has 1 fully saturated rings. The van der Waals surface area contributed by atoms with E-state index in [1.54, 1.807) is 17.4 Å². The number of thiazole rings is 1. The first-order valence-corrected chi connectivity index (χ1v) is 9.67. The lowest BCUT2D eigenvalue weighted by molar-refractivity contribution is -0.136. The number of rotatable bonds is 2. The first-order chi connectivity index (χ1) is 12.1. The summed E-state index contributed by atoms with van der Waals surface area (Å²) in [4.78, 5) is 22.7. The maximum atomic E-state index is 13.9. The van der Waals surface area contributed by atoms with Crippen molar-refractivity contribution in [3.63, 3.8) is 0 Å². The normalized spacial score (nSPS) is 20.5. The van der Waals surface area contributed by atoms with Crippen molar-refractivity contribution >= 4 is 22.9 Å². The number of benzene rings is 1. The Morgan fingerprint density at radius 1 is 1.24 bits per heavy atom. The van der Waals surface area contributed by atoms with Gasteiger partial charge in [0.1, 0.15) is 5.82 Å². The van der Waals surface area contributed by atoms with Gasteiger partial charge < -0.3 is 9.80 Å². The zero-order valence-corrected chi connectivity index (χ0v) is 15.2. The zero-order chi connectivity index (χ0) is 17.4. The van der Waals surface area contributed by atoms with E-state index in [1.807, 2.05) is 28.9 Å². The largest absolute Gasteiger partial charge is 0.366 e. The number of anilines is 1. The Kier molecular flexibility index (Phi) is 4.46. The van der Waals surface area contributed by atoms with Crippen LogP contribution in [0.3, 0.4) is 0 Å². The number of aromatic nitrogens is 1. The maximum Gasteiger partial charge on any atom is 0.226 e. The lowest BCUT2D eigenvalue weighted by Gasteiger charge is -2.38. The summed E-state index contributed by atoms with van der Waals surface area (Å²) in [7, 11) is 0. The SMILES string of the molecule is Cc1nc2c(s1)CC(C(=O)N1CCN(c3ccccc3F)CC1)CC2. The lowest BCUT2D eigenvalue weighted by atomic mass is 9.90. The topological polar surface area (TPSA) is 36.4 Å². The Morgan fingerprint density at radius 2 is 2.00 bits per heavy atom. The van der Waals surface area contributed by atoms with Gasteiger partial charge in [-0.1, -0.05) is 12.1 Å². The molecule has 2 heterocycles. The second-order valence-electron chi connectivity index (χ2n) is 6.81. The van der Waals surface area contributed by atoms with Gasteiger partial charge in [0.25, 0.3) is 0 Å². The summed E-state index contributed by atoms with van der Waals surface area (Å²) in [6.45, 7) is 4.73. The van der Waals surface area contributed by atoms with Crippen LogP contribution in [0, 0.1) is 18.7 Å². The quantitative estimate of drug-likeness (QED) is 0.827. The van der Waals surface area contributed by atoms with Crippen LogP contribution in [0.5, 0.6) is 0 Å². The Morgan fingerprint density at radius 3 is 2.76 bits per heavy atom. The van der Waals surface area contributed by atoms with E-state index in [-0.39, 0.29) is 17.6 Å². The van der Waals surface area contributed by atoms with Crippen LogP contribution in [0.2, 0.25) is 0 Å². The number of carbonyl (C=O) groups is 1. The molecular weight excluding hydrogens is 337 g/mol. The molecule has 1 amide bonds. The monoisotopic (exact) mass is 359 g/mol. The van der Waals surface area contributed by atoms with Crippen LogP contribution in [-0.4, -0.2) is 42.0 Å². The molecule has 4 nitrogen and oxygen atoms in total. The number of carbonyl (C=O) groups excluding carboxylic acids is 1. The van der Waals surface area contributed by atoms with E-state index in [4.69, 9.17) is 0 Å². The smallest absolute Gasteiger partial charge is 0.226 e. The zero-order valence-electron chi connectivity index (χ0n) is 14.4. The second-order valence-corrected chi connectivity index (χ2v) is 8.09. The summed E-state index contributed by atoms with van der Waals surface area (Å²) in [6, 6.07) is 6.86. The van der Waals surface area contributed by atoms with Gasteiger partial charge in [0.05, 0.1) is 16.4 Å². The summed E-state index contributed by atoms with van der Waals surface area (Å²) in [6.07, 6.45) is 2.63. The molecule has 0 spiro atoms. The minimum Gasteiger partial charge on any atom is -0.366 e. The first-order valence-electron chi connectivity index (χ1n) is 8.85. The summed E-state index contributed by atoms with van der Waals surface area (Å²) in [5.41, 5.74) is 1.83. The highest BCUT2D eigenvalue weighted by atomic mass is 32.1. The van der Waals surface area contributed by atoms with Crippen molar-refractivity contribution in [1.29, 1.82) is 0 Å². The molecule has 1 aromatic heterocycles. The molecule has 1 aliphatic carbocycles. The van der Waals surface area contributed by atoms with E-state index >= 15 is 0 Å². The van der Waals surface area contributed by atoms with Crippen LogP contribution in [0.15, 0.2) is 24.3 Å². The van der Waals surface area contributed by atoms with Gasteiger partial charge in [0, 0.05) is 37.0 Å². The molecule has 1 unspecified atom stereocenters. The number of para-hydroxylation sites is 1. The molecule has 0 saturated carbocycles. The molecule has 2 aromatic rings. The van der Waals surface area contributed by atoms with Crippen LogP contribution < -0.4 is 4.90 Å². The molecule has 4 rings (SSSR count). The third-order valence-corrected chi connectivity index (χ3v) is 6.22. The first kappa shape index (κ1) is 16.5. The van der Waals surface area contributed by atoms with Crippen molar-refractivity contribution in [2.75, 3.05) is 31.1 Å². The molecule has 0 radical (unpaired) electrons. The number of fused-ring (bicyclic) bond motifs is 1. The van der Waals surface area contributed by atoms with Gasteiger partial charge in [0.15, 0.2) is 0 Å². The molecule has 25 heavy (non-hydrogen) atoms. The Labute approximate surface area is 151 Å². The van der Waals surface area contributed by atoms with E-state index < -0.39 is 0 Å². The van der Waals surface area contributed by atoms with Gasteiger partial charge in [-0.05, 0) is 38.3 Å². The van der Waals surface area contributed by atoms with Crippen molar-refractivity contribution < 1.29 is 9.18 Å². The van der Waals surface area contributed by atoms with Gasteiger partial charge in [-0.25, -0.2) is 9.37 Å². The van der Waals surface area contributed by atoms with Gasteiger partial charge >= 0.3 is 0 Å². The second kappa shape index (κ2) is 6.75. The van der Waals surface area contributed by atoms with Crippen molar-refractivity contribution in [2.24, 2.45) is 5.92 Å². The highest BCUT2D eigenvalue weighted by Gasteiger charge is 2.32. The lowest BCUT2D eigenvalue weighted by Crippen LogP contribution is -2.51. The van der Waals surface area contributed by atoms with Crippen molar-refractivity contribution in [2.45, 2.75) is 26.2 Å². The van der Waals surface area contributed by atoms with E-state index in [9.17, 15) is 9.18 Å². The van der Waals surface area contributed by atoms with Crippen LogP contribution >= 0.6 is 11.3 Å². The average molecular weight is 359 g/mol. The van der Waals surface area contributed by atoms with E-state index in [2.05, 4.69) is 4.98 Å². The fourth-order valence-corrected chi connectivity index (χ4v) is 4.91. The molecule has 0 bridgehead atoms. The summed E-state index contributed by atoms with van der Waals surface area (Å²) >= 11 is 1.73. The number of aryl methyl sites for hydroxylation is 2. The summed E-state index contributed by atoms with van der Waals surface area (Å²) in [5, 5.41) is 1.09. The predicted octanol–water partition coefficient (Wildman–Crippen LogP) is 3.04. The Balaban J connectivity index is 1.38. The van der Waals surface area contributed by atoms with Crippen LogP contribution in [0.4, 0.5) is 10.1 Å². The van der Waals surface area contributed by atoms with Crippen LogP contribution in [-0.2, 0) is 17.6 Å². The average Bonchev–Trinajstić information content (AvgIpc) is 3.01. The summed E-state index contributed by atoms with van der Waals surface area (Å²) < 4.78 is 13.9. The number of hydrogen-bond donors (Lipinski definition) is 0. The minimum atomic E-state index is -0.192. The fourth-order valence-electron chi connectivity index (χ4n) is 3.85. The van der Waals surface area contributed by atoms with Gasteiger partial charge in [0.2, 0.25) is 5.91 Å². The molecule has 1 saturated heterocycles. The number of piperazine rings is 1. The van der Waals surface area contributed by atoms with Crippen LogP contribution in [0.25, 0.3) is 0 Å². The molecule has 6 heteroatoms. The highest BCUT2D eigenvalue weighted by Crippen LogP contribution is 2.31. The number of halogens is 1. The van der Waals surface area contributed by atoms with E-state index in [0.717, 1.165) is 24.3 Å². The summed E-state index contributed by atoms with van der Waals surface area (Å²) in [5.74, 6) is 0.139. The van der Waals surface area contributed by atoms with Gasteiger partial charge in [-0.15, -0.1) is 11.3 Å². The van der Waals surface area contributed by atoms with Crippen molar-refractivity contribution in [3.05, 3.63) is 45.7 Å². The Bertz CT molecular complexity index is 783. The maximum absolute atomic E-state index is 13.9. The minimum absolute atomic E-state index is 0.0763. The molecule has 0 N–H and O–H groups in total. The molecule has 2 aliphatic rings. The van der Waals surface area contributed by atoms with Gasteiger partial charge in [-0.2, -0.15) is 0 Å². The van der Waals surface area contributed by atoms with Gasteiger partial charge in [-0.3, -0.25) is 4.79 Å². The Hall–Kier alpha value is -1.95. The predicted molar refractivity (Wildman–Crippen MR) is 97.6 cm³/mol. The standard InChI is InChI=1S/C19H22FN3OS/c1-13-21-16-7-6-14(12-18(16)25-13)19(24)23-10-8-22(9-11-23)17-5-3-2-4-15(17)20/h2-5,14H,6-12H2,1H3. The fraction of sp³-hybridized carbons (Fsp3) is 0.474. The molecule has 1 aromatic carbocycles. The third-order valence-electron chi connectivity index (χ3n) is 5.18. The molecule has 1 atom stereocenters. The number of hydrogen-bond acceptors (Lipinski definition) is 4. The molecule has 132 valence electrons. The van der Waals surface area contributed by atoms with E-state index in [1.165, 1.54) is 16.6 Å². The van der Waals surface area contributed by atoms with E-state index in [0.29, 0.717) is 31.9 Å². The highest BCUT2D eigenvalue weighted by molar-refractivity contribution is 7.11. The number of nitrogens with zero attached hydrogens (tertiary/aromatic N) is 3. The molecule has 1 aliphatic heterocycles. The molecular formula is C19H22FN3OS. The van der Waals surface area contributed by atoms with Crippen LogP contribution in [0.1, 0.15) is 22.0 Å². The third kappa shape index (κ3) is 3.27. The van der Waals surface area contributed by atoms with Crippen molar-refractivity contribution in [1.82, 2.24) is 9.88 Å². The number of amides is 1.